The minimum Gasteiger partial charge on any atom is -0.326 e. The molecule has 0 aliphatic heterocycles. The summed E-state index contributed by atoms with van der Waals surface area (Å²) < 4.78 is 40.4. The Kier molecular flexibility index (Phi) is 4.30. The van der Waals surface area contributed by atoms with Gasteiger partial charge in [-0.1, -0.05) is 0 Å². The molecule has 1 heterocycles. The van der Waals surface area contributed by atoms with Gasteiger partial charge in [0, 0.05) is 21.4 Å². The van der Waals surface area contributed by atoms with Gasteiger partial charge in [0.05, 0.1) is 5.69 Å². The summed E-state index contributed by atoms with van der Waals surface area (Å²) in [6.07, 6.45) is 0. The first-order valence-electron chi connectivity index (χ1n) is 5.57. The third kappa shape index (κ3) is 2.94. The number of sulfonamides is 1. The molecule has 0 radical (unpaired) electrons. The first-order valence-corrected chi connectivity index (χ1v) is 8.13. The molecule has 6 nitrogen and oxygen atoms in total. The van der Waals surface area contributed by atoms with E-state index in [-0.39, 0.29) is 17.3 Å². The molecule has 0 spiro atoms. The lowest BCUT2D eigenvalue weighted by Crippen LogP contribution is -2.17. The van der Waals surface area contributed by atoms with Crippen molar-refractivity contribution in [2.75, 3.05) is 4.72 Å². The van der Waals surface area contributed by atoms with Crippen LogP contribution in [0.3, 0.4) is 0 Å². The van der Waals surface area contributed by atoms with E-state index in [9.17, 15) is 12.8 Å². The number of nitrogens with one attached hydrogen (secondary N) is 2. The third-order valence-corrected chi connectivity index (χ3v) is 4.90. The van der Waals surface area contributed by atoms with E-state index in [0.717, 1.165) is 0 Å². The van der Waals surface area contributed by atoms with Crippen LogP contribution in [0.1, 0.15) is 11.3 Å². The lowest BCUT2D eigenvalue weighted by molar-refractivity contribution is 0.595. The van der Waals surface area contributed by atoms with Gasteiger partial charge in [0.25, 0.3) is 10.0 Å². The average molecular weight is 410 g/mol. The van der Waals surface area contributed by atoms with Gasteiger partial charge in [0.15, 0.2) is 0 Å². The zero-order valence-corrected chi connectivity index (χ0v) is 13.4. The molecule has 0 saturated heterocycles. The SMILES string of the molecule is Cc1[nH]nc(S(=O)(=O)Nc2ccc(F)cc2I)c1CN. The van der Waals surface area contributed by atoms with Gasteiger partial charge in [-0.2, -0.15) is 13.5 Å². The van der Waals surface area contributed by atoms with Crippen molar-refractivity contribution in [1.82, 2.24) is 10.2 Å². The highest BCUT2D eigenvalue weighted by atomic mass is 127. The second kappa shape index (κ2) is 5.66. The Morgan fingerprint density at radius 3 is 2.80 bits per heavy atom. The highest BCUT2D eigenvalue weighted by Gasteiger charge is 2.23. The minimum absolute atomic E-state index is 0.0546. The number of aryl methyl sites for hydroxylation is 1. The molecule has 0 aliphatic carbocycles. The van der Waals surface area contributed by atoms with Crippen molar-refractivity contribution in [3.63, 3.8) is 0 Å². The quantitative estimate of drug-likeness (QED) is 0.669. The number of hydrogen-bond acceptors (Lipinski definition) is 4. The van der Waals surface area contributed by atoms with E-state index in [1.165, 1.54) is 18.2 Å². The van der Waals surface area contributed by atoms with Crippen molar-refractivity contribution in [3.8, 4) is 0 Å². The van der Waals surface area contributed by atoms with Crippen molar-refractivity contribution >= 4 is 38.3 Å². The van der Waals surface area contributed by atoms with Gasteiger partial charge in [-0.15, -0.1) is 0 Å². The predicted molar refractivity (Wildman–Crippen MR) is 81.1 cm³/mol. The highest BCUT2D eigenvalue weighted by molar-refractivity contribution is 14.1. The van der Waals surface area contributed by atoms with Crippen LogP contribution in [0.4, 0.5) is 10.1 Å². The summed E-state index contributed by atoms with van der Waals surface area (Å²) in [5.41, 5.74) is 6.84. The van der Waals surface area contributed by atoms with Crippen LogP contribution >= 0.6 is 22.6 Å². The maximum atomic E-state index is 13.0. The van der Waals surface area contributed by atoms with Crippen LogP contribution in [0, 0.1) is 16.3 Å². The Hall–Kier alpha value is -1.20. The zero-order valence-electron chi connectivity index (χ0n) is 10.4. The Balaban J connectivity index is 2.41. The molecule has 4 N–H and O–H groups in total. The molecule has 20 heavy (non-hydrogen) atoms. The normalized spacial score (nSPS) is 11.6. The fraction of sp³-hybridized carbons (Fsp3) is 0.182. The number of nitrogens with two attached hydrogens (primary N) is 1. The third-order valence-electron chi connectivity index (χ3n) is 2.67. The smallest absolute Gasteiger partial charge is 0.281 e. The molecule has 0 amide bonds. The van der Waals surface area contributed by atoms with E-state index in [2.05, 4.69) is 14.9 Å². The second-order valence-corrected chi connectivity index (χ2v) is 6.83. The van der Waals surface area contributed by atoms with E-state index < -0.39 is 15.8 Å². The van der Waals surface area contributed by atoms with Crippen LogP contribution in [0.5, 0.6) is 0 Å². The fourth-order valence-electron chi connectivity index (χ4n) is 1.66. The Morgan fingerprint density at radius 1 is 1.50 bits per heavy atom. The summed E-state index contributed by atoms with van der Waals surface area (Å²) in [6.45, 7) is 1.74. The van der Waals surface area contributed by atoms with E-state index in [1.54, 1.807) is 6.92 Å². The standard InChI is InChI=1S/C11H12FIN4O2S/c1-6-8(5-14)11(16-15-6)20(18,19)17-10-3-2-7(12)4-9(10)13/h2-4,17H,5,14H2,1H3,(H,15,16). The number of hydrogen-bond donors (Lipinski definition) is 3. The molecule has 0 bridgehead atoms. The monoisotopic (exact) mass is 410 g/mol. The summed E-state index contributed by atoms with van der Waals surface area (Å²) >= 11 is 1.85. The number of H-pyrrole nitrogens is 1. The van der Waals surface area contributed by atoms with Gasteiger partial charge in [-0.05, 0) is 47.7 Å². The van der Waals surface area contributed by atoms with Crippen LogP contribution in [0.15, 0.2) is 23.2 Å². The van der Waals surface area contributed by atoms with Gasteiger partial charge in [0.2, 0.25) is 5.03 Å². The second-order valence-electron chi connectivity index (χ2n) is 4.07. The zero-order chi connectivity index (χ0) is 14.9. The number of aromatic nitrogens is 2. The van der Waals surface area contributed by atoms with Gasteiger partial charge in [-0.25, -0.2) is 4.39 Å². The van der Waals surface area contributed by atoms with Crippen molar-refractivity contribution in [1.29, 1.82) is 0 Å². The molecule has 2 aromatic rings. The van der Waals surface area contributed by atoms with Crippen LogP contribution in [-0.4, -0.2) is 18.6 Å². The summed E-state index contributed by atoms with van der Waals surface area (Å²) in [7, 11) is -3.87. The van der Waals surface area contributed by atoms with Crippen LogP contribution in [-0.2, 0) is 16.6 Å². The number of aromatic amines is 1. The highest BCUT2D eigenvalue weighted by Crippen LogP contribution is 2.24. The van der Waals surface area contributed by atoms with Crippen LogP contribution in [0.25, 0.3) is 0 Å². The van der Waals surface area contributed by atoms with E-state index >= 15 is 0 Å². The molecule has 1 aromatic carbocycles. The number of benzene rings is 1. The molecule has 0 atom stereocenters. The van der Waals surface area contributed by atoms with Crippen LogP contribution in [0.2, 0.25) is 0 Å². The van der Waals surface area contributed by atoms with E-state index in [4.69, 9.17) is 5.73 Å². The fourth-order valence-corrected chi connectivity index (χ4v) is 3.74. The first-order chi connectivity index (χ1) is 9.35. The topological polar surface area (TPSA) is 101 Å². The molecular weight excluding hydrogens is 398 g/mol. The molecule has 2 rings (SSSR count). The Bertz CT molecular complexity index is 745. The molecule has 9 heteroatoms. The van der Waals surface area contributed by atoms with Gasteiger partial charge in [-0.3, -0.25) is 9.82 Å². The number of anilines is 1. The average Bonchev–Trinajstić information content (AvgIpc) is 2.74. The van der Waals surface area contributed by atoms with Crippen molar-refractivity contribution in [2.45, 2.75) is 18.5 Å². The van der Waals surface area contributed by atoms with Gasteiger partial charge in [0.1, 0.15) is 5.82 Å². The molecule has 0 saturated carbocycles. The van der Waals surface area contributed by atoms with Crippen molar-refractivity contribution in [2.24, 2.45) is 5.73 Å². The molecular formula is C11H12FIN4O2S. The summed E-state index contributed by atoms with van der Waals surface area (Å²) in [5, 5.41) is 6.22. The molecule has 1 aromatic heterocycles. The molecule has 108 valence electrons. The van der Waals surface area contributed by atoms with Gasteiger partial charge >= 0.3 is 0 Å². The molecule has 0 unspecified atom stereocenters. The van der Waals surface area contributed by atoms with E-state index in [0.29, 0.717) is 14.8 Å². The maximum Gasteiger partial charge on any atom is 0.281 e. The summed E-state index contributed by atoms with van der Waals surface area (Å²) in [4.78, 5) is 0. The number of halogens is 2. The number of nitrogens with zero attached hydrogens (tertiary/aromatic N) is 1. The molecule has 0 fully saturated rings. The maximum absolute atomic E-state index is 13.0. The first kappa shape index (κ1) is 15.2. The number of rotatable bonds is 4. The largest absolute Gasteiger partial charge is 0.326 e. The lowest BCUT2D eigenvalue weighted by atomic mass is 10.3. The van der Waals surface area contributed by atoms with Crippen molar-refractivity contribution in [3.05, 3.63) is 38.8 Å². The van der Waals surface area contributed by atoms with Crippen LogP contribution < -0.4 is 10.5 Å². The predicted octanol–water partition coefficient (Wildman–Crippen LogP) is 1.72. The summed E-state index contributed by atoms with van der Waals surface area (Å²) in [5.74, 6) is -0.435. The van der Waals surface area contributed by atoms with Crippen molar-refractivity contribution < 1.29 is 12.8 Å². The molecule has 0 aliphatic rings. The lowest BCUT2D eigenvalue weighted by Gasteiger charge is -2.09. The Morgan fingerprint density at radius 2 is 2.20 bits per heavy atom. The minimum atomic E-state index is -3.87. The Labute approximate surface area is 129 Å². The van der Waals surface area contributed by atoms with E-state index in [1.807, 2.05) is 22.6 Å². The summed E-state index contributed by atoms with van der Waals surface area (Å²) in [6, 6.07) is 3.77. The van der Waals surface area contributed by atoms with Gasteiger partial charge < -0.3 is 5.73 Å².